The summed E-state index contributed by atoms with van der Waals surface area (Å²) in [6.07, 6.45) is -3.32. The number of nitrogens with one attached hydrogen (secondary N) is 1. The maximum absolute atomic E-state index is 13.0. The van der Waals surface area contributed by atoms with Gasteiger partial charge in [-0.3, -0.25) is 9.20 Å². The second-order valence-corrected chi connectivity index (χ2v) is 5.38. The number of anilines is 1. The van der Waals surface area contributed by atoms with Gasteiger partial charge in [0.15, 0.2) is 0 Å². The van der Waals surface area contributed by atoms with Crippen LogP contribution >= 0.6 is 0 Å². The maximum atomic E-state index is 13.0. The predicted molar refractivity (Wildman–Crippen MR) is 85.6 cm³/mol. The third-order valence-electron chi connectivity index (χ3n) is 3.72. The highest BCUT2D eigenvalue weighted by atomic mass is 19.4. The van der Waals surface area contributed by atoms with Crippen LogP contribution in [0.3, 0.4) is 0 Å². The molecule has 0 aliphatic heterocycles. The minimum Gasteiger partial charge on any atom is -0.506 e. The Bertz CT molecular complexity index is 948. The van der Waals surface area contributed by atoms with E-state index in [0.29, 0.717) is 12.1 Å². The highest BCUT2D eigenvalue weighted by Gasteiger charge is 2.32. The molecule has 1 amide bonds. The Labute approximate surface area is 140 Å². The van der Waals surface area contributed by atoms with Crippen LogP contribution < -0.4 is 5.32 Å². The van der Waals surface area contributed by atoms with Crippen LogP contribution in [-0.2, 0) is 12.6 Å². The average Bonchev–Trinajstić information content (AvgIpc) is 2.94. The molecule has 3 rings (SSSR count). The molecular formula is C17H14F3N3O2. The number of aromatic nitrogens is 2. The summed E-state index contributed by atoms with van der Waals surface area (Å²) in [5.41, 5.74) is -0.0977. The molecule has 25 heavy (non-hydrogen) atoms. The zero-order chi connectivity index (χ0) is 18.2. The van der Waals surface area contributed by atoms with E-state index in [9.17, 15) is 23.1 Å². The molecule has 2 heterocycles. The first kappa shape index (κ1) is 16.8. The smallest absolute Gasteiger partial charge is 0.417 e. The number of carbonyl (C=O) groups excluding carboxylic acids is 1. The molecule has 2 aromatic heterocycles. The number of phenols is 1. The molecule has 0 unspecified atom stereocenters. The Morgan fingerprint density at radius 1 is 1.24 bits per heavy atom. The van der Waals surface area contributed by atoms with E-state index in [0.717, 1.165) is 16.7 Å². The number of benzene rings is 1. The fourth-order valence-electron chi connectivity index (χ4n) is 2.51. The Morgan fingerprint density at radius 3 is 2.60 bits per heavy atom. The molecule has 0 saturated heterocycles. The van der Waals surface area contributed by atoms with Crippen molar-refractivity contribution in [3.8, 4) is 5.75 Å². The van der Waals surface area contributed by atoms with Gasteiger partial charge in [-0.05, 0) is 30.7 Å². The van der Waals surface area contributed by atoms with Crippen LogP contribution in [0.2, 0.25) is 0 Å². The van der Waals surface area contributed by atoms with Gasteiger partial charge in [-0.25, -0.2) is 4.98 Å². The molecular weight excluding hydrogens is 335 g/mol. The summed E-state index contributed by atoms with van der Waals surface area (Å²) in [7, 11) is 0. The molecule has 0 aliphatic rings. The van der Waals surface area contributed by atoms with Gasteiger partial charge in [0, 0.05) is 6.20 Å². The SMILES string of the molecule is CCc1nc2ccc(C(F)(F)F)cn2c1C(=O)Nc1ccccc1O. The van der Waals surface area contributed by atoms with Gasteiger partial charge in [0.25, 0.3) is 5.91 Å². The number of hydrogen-bond donors (Lipinski definition) is 2. The van der Waals surface area contributed by atoms with Gasteiger partial charge in [0.05, 0.1) is 16.9 Å². The van der Waals surface area contributed by atoms with Crippen LogP contribution in [0.15, 0.2) is 42.6 Å². The number of nitrogens with zero attached hydrogens (tertiary/aromatic N) is 2. The highest BCUT2D eigenvalue weighted by Crippen LogP contribution is 2.30. The Kier molecular flexibility index (Phi) is 4.12. The van der Waals surface area contributed by atoms with Gasteiger partial charge in [-0.2, -0.15) is 13.2 Å². The molecule has 8 heteroatoms. The van der Waals surface area contributed by atoms with Gasteiger partial charge < -0.3 is 10.4 Å². The standard InChI is InChI=1S/C17H14F3N3O2/c1-2-11-15(16(25)22-12-5-3-4-6-13(12)24)23-9-10(17(18,19)20)7-8-14(23)21-11/h3-9,24H,2H2,1H3,(H,22,25). The van der Waals surface area contributed by atoms with Crippen LogP contribution in [0.25, 0.3) is 5.65 Å². The number of phenolic OH excluding ortho intramolecular Hbond substituents is 1. The van der Waals surface area contributed by atoms with Crippen molar-refractivity contribution >= 4 is 17.2 Å². The lowest BCUT2D eigenvalue weighted by Crippen LogP contribution is -2.17. The summed E-state index contributed by atoms with van der Waals surface area (Å²) in [4.78, 5) is 16.8. The van der Waals surface area contributed by atoms with Crippen molar-refractivity contribution in [2.75, 3.05) is 5.32 Å². The van der Waals surface area contributed by atoms with E-state index in [-0.39, 0.29) is 22.8 Å². The van der Waals surface area contributed by atoms with Crippen molar-refractivity contribution in [2.45, 2.75) is 19.5 Å². The largest absolute Gasteiger partial charge is 0.506 e. The second-order valence-electron chi connectivity index (χ2n) is 5.38. The van der Waals surface area contributed by atoms with Crippen molar-refractivity contribution in [1.82, 2.24) is 9.38 Å². The van der Waals surface area contributed by atoms with E-state index < -0.39 is 17.6 Å². The fraction of sp³-hybridized carbons (Fsp3) is 0.176. The number of fused-ring (bicyclic) bond motifs is 1. The molecule has 0 radical (unpaired) electrons. The minimum atomic E-state index is -4.53. The quantitative estimate of drug-likeness (QED) is 0.706. The number of imidazole rings is 1. The monoisotopic (exact) mass is 349 g/mol. The lowest BCUT2D eigenvalue weighted by atomic mass is 10.2. The van der Waals surface area contributed by atoms with Crippen molar-refractivity contribution in [3.05, 3.63) is 59.5 Å². The first-order valence-electron chi connectivity index (χ1n) is 7.48. The van der Waals surface area contributed by atoms with Gasteiger partial charge in [0.2, 0.25) is 0 Å². The maximum Gasteiger partial charge on any atom is 0.417 e. The molecule has 5 nitrogen and oxygen atoms in total. The normalized spacial score (nSPS) is 11.7. The third-order valence-corrected chi connectivity index (χ3v) is 3.72. The van der Waals surface area contributed by atoms with Gasteiger partial charge >= 0.3 is 6.18 Å². The summed E-state index contributed by atoms with van der Waals surface area (Å²) in [5.74, 6) is -0.788. The van der Waals surface area contributed by atoms with E-state index in [4.69, 9.17) is 0 Å². The molecule has 0 spiro atoms. The zero-order valence-corrected chi connectivity index (χ0v) is 13.1. The van der Waals surface area contributed by atoms with Crippen LogP contribution in [0, 0.1) is 0 Å². The Morgan fingerprint density at radius 2 is 1.96 bits per heavy atom. The summed E-state index contributed by atoms with van der Waals surface area (Å²) >= 11 is 0. The van der Waals surface area contributed by atoms with Crippen LogP contribution in [0.5, 0.6) is 5.75 Å². The van der Waals surface area contributed by atoms with Crippen molar-refractivity contribution in [2.24, 2.45) is 0 Å². The van der Waals surface area contributed by atoms with Gasteiger partial charge in [-0.1, -0.05) is 19.1 Å². The van der Waals surface area contributed by atoms with Crippen LogP contribution in [-0.4, -0.2) is 20.4 Å². The van der Waals surface area contributed by atoms with E-state index in [2.05, 4.69) is 10.3 Å². The predicted octanol–water partition coefficient (Wildman–Crippen LogP) is 3.87. The number of hydrogen-bond acceptors (Lipinski definition) is 3. The molecule has 0 bridgehead atoms. The number of amides is 1. The summed E-state index contributed by atoms with van der Waals surface area (Å²) in [5, 5.41) is 12.3. The molecule has 3 aromatic rings. The Hall–Kier alpha value is -3.03. The number of para-hydroxylation sites is 2. The molecule has 130 valence electrons. The number of carbonyl (C=O) groups is 1. The number of pyridine rings is 1. The first-order valence-corrected chi connectivity index (χ1v) is 7.48. The molecule has 1 aromatic carbocycles. The molecule has 0 fully saturated rings. The minimum absolute atomic E-state index is 0.00635. The molecule has 2 N–H and O–H groups in total. The third kappa shape index (κ3) is 3.15. The molecule has 0 aliphatic carbocycles. The lowest BCUT2D eigenvalue weighted by Gasteiger charge is -2.10. The van der Waals surface area contributed by atoms with Crippen molar-refractivity contribution in [3.63, 3.8) is 0 Å². The fourth-order valence-corrected chi connectivity index (χ4v) is 2.51. The van der Waals surface area contributed by atoms with E-state index >= 15 is 0 Å². The Balaban J connectivity index is 2.10. The van der Waals surface area contributed by atoms with Crippen LogP contribution in [0.1, 0.15) is 28.7 Å². The number of aromatic hydroxyl groups is 1. The number of halogens is 3. The number of rotatable bonds is 3. The summed E-state index contributed by atoms with van der Waals surface area (Å²) < 4.78 is 40.0. The van der Waals surface area contributed by atoms with Crippen molar-refractivity contribution in [1.29, 1.82) is 0 Å². The van der Waals surface area contributed by atoms with E-state index in [1.807, 2.05) is 0 Å². The van der Waals surface area contributed by atoms with E-state index in [1.54, 1.807) is 19.1 Å². The summed E-state index contributed by atoms with van der Waals surface area (Å²) in [6.45, 7) is 1.75. The molecule has 0 saturated carbocycles. The highest BCUT2D eigenvalue weighted by molar-refractivity contribution is 6.05. The second kappa shape index (κ2) is 6.12. The first-order chi connectivity index (χ1) is 11.8. The number of aryl methyl sites for hydroxylation is 1. The van der Waals surface area contributed by atoms with Gasteiger partial charge in [-0.15, -0.1) is 0 Å². The average molecular weight is 349 g/mol. The topological polar surface area (TPSA) is 66.6 Å². The van der Waals surface area contributed by atoms with Gasteiger partial charge in [0.1, 0.15) is 17.1 Å². The zero-order valence-electron chi connectivity index (χ0n) is 13.1. The van der Waals surface area contributed by atoms with Crippen molar-refractivity contribution < 1.29 is 23.1 Å². The number of alkyl halides is 3. The summed E-state index contributed by atoms with van der Waals surface area (Å²) in [6, 6.07) is 8.24. The van der Waals surface area contributed by atoms with E-state index in [1.165, 1.54) is 18.2 Å². The van der Waals surface area contributed by atoms with Crippen LogP contribution in [0.4, 0.5) is 18.9 Å². The lowest BCUT2D eigenvalue weighted by molar-refractivity contribution is -0.137. The molecule has 0 atom stereocenters.